The summed E-state index contributed by atoms with van der Waals surface area (Å²) >= 11 is 0. The van der Waals surface area contributed by atoms with Gasteiger partial charge in [-0.25, -0.2) is 0 Å². The zero-order chi connectivity index (χ0) is 13.7. The quantitative estimate of drug-likeness (QED) is 0.854. The Kier molecular flexibility index (Phi) is 4.46. The third-order valence-corrected chi connectivity index (χ3v) is 2.78. The summed E-state index contributed by atoms with van der Waals surface area (Å²) in [5, 5.41) is 11.4. The predicted octanol–water partition coefficient (Wildman–Crippen LogP) is 1.77. The Labute approximate surface area is 112 Å². The lowest BCUT2D eigenvalue weighted by Crippen LogP contribution is -2.18. The molecule has 2 aromatic rings. The second-order valence-electron chi connectivity index (χ2n) is 4.42. The van der Waals surface area contributed by atoms with Crippen LogP contribution in [0.25, 0.3) is 0 Å². The minimum absolute atomic E-state index is 0.0676. The molecule has 0 saturated carbocycles. The van der Waals surface area contributed by atoms with Crippen LogP contribution in [-0.2, 0) is 6.54 Å². The molecule has 2 heterocycles. The van der Waals surface area contributed by atoms with Crippen molar-refractivity contribution in [2.75, 3.05) is 18.5 Å². The van der Waals surface area contributed by atoms with Gasteiger partial charge in [0.05, 0.1) is 6.04 Å². The van der Waals surface area contributed by atoms with Gasteiger partial charge in [-0.3, -0.25) is 4.98 Å². The van der Waals surface area contributed by atoms with E-state index >= 15 is 0 Å². The Hall–Kier alpha value is -1.95. The topological polar surface area (TPSA) is 67.1 Å². The Morgan fingerprint density at radius 1 is 1.42 bits per heavy atom. The largest absolute Gasteiger partial charge is 0.406 e. The lowest BCUT2D eigenvalue weighted by molar-refractivity contribution is 0.421. The van der Waals surface area contributed by atoms with Crippen molar-refractivity contribution < 1.29 is 4.42 Å². The Morgan fingerprint density at radius 3 is 2.95 bits per heavy atom. The molecule has 0 spiro atoms. The van der Waals surface area contributed by atoms with Gasteiger partial charge in [-0.05, 0) is 25.1 Å². The SMILES string of the molecule is CCNC(C)c1nnc(N(C)Cc2cccnc2)o1. The molecule has 0 saturated heterocycles. The van der Waals surface area contributed by atoms with Crippen LogP contribution in [0.4, 0.5) is 6.01 Å². The molecule has 102 valence electrons. The summed E-state index contributed by atoms with van der Waals surface area (Å²) in [5.41, 5.74) is 1.10. The van der Waals surface area contributed by atoms with Crippen LogP contribution in [0.2, 0.25) is 0 Å². The summed E-state index contributed by atoms with van der Waals surface area (Å²) in [7, 11) is 1.92. The van der Waals surface area contributed by atoms with Crippen molar-refractivity contribution in [1.82, 2.24) is 20.5 Å². The molecule has 1 atom stereocenters. The van der Waals surface area contributed by atoms with Gasteiger partial charge in [-0.15, -0.1) is 5.10 Å². The minimum Gasteiger partial charge on any atom is -0.406 e. The van der Waals surface area contributed by atoms with Crippen LogP contribution in [0.1, 0.15) is 31.3 Å². The number of nitrogens with zero attached hydrogens (tertiary/aromatic N) is 4. The van der Waals surface area contributed by atoms with Crippen LogP contribution < -0.4 is 10.2 Å². The summed E-state index contributed by atoms with van der Waals surface area (Å²) in [5.74, 6) is 0.606. The average molecular weight is 261 g/mol. The summed E-state index contributed by atoms with van der Waals surface area (Å²) in [6, 6.07) is 4.51. The predicted molar refractivity (Wildman–Crippen MR) is 72.7 cm³/mol. The number of hydrogen-bond donors (Lipinski definition) is 1. The van der Waals surface area contributed by atoms with Gasteiger partial charge in [-0.2, -0.15) is 0 Å². The van der Waals surface area contributed by atoms with E-state index in [-0.39, 0.29) is 6.04 Å². The summed E-state index contributed by atoms with van der Waals surface area (Å²) in [6.45, 7) is 5.60. The molecule has 0 aliphatic heterocycles. The van der Waals surface area contributed by atoms with E-state index in [1.165, 1.54) is 0 Å². The highest BCUT2D eigenvalue weighted by Crippen LogP contribution is 2.17. The van der Waals surface area contributed by atoms with Gasteiger partial charge in [0.15, 0.2) is 0 Å². The van der Waals surface area contributed by atoms with E-state index in [4.69, 9.17) is 4.42 Å². The van der Waals surface area contributed by atoms with Crippen LogP contribution in [0.15, 0.2) is 28.9 Å². The summed E-state index contributed by atoms with van der Waals surface area (Å²) in [4.78, 5) is 5.99. The van der Waals surface area contributed by atoms with Gasteiger partial charge in [-0.1, -0.05) is 18.1 Å². The van der Waals surface area contributed by atoms with E-state index < -0.39 is 0 Å². The van der Waals surface area contributed by atoms with Crippen molar-refractivity contribution in [3.05, 3.63) is 36.0 Å². The highest BCUT2D eigenvalue weighted by atomic mass is 16.4. The molecule has 0 amide bonds. The van der Waals surface area contributed by atoms with E-state index in [1.807, 2.05) is 44.1 Å². The first-order valence-corrected chi connectivity index (χ1v) is 6.37. The number of rotatable bonds is 6. The number of pyridine rings is 1. The second kappa shape index (κ2) is 6.29. The summed E-state index contributed by atoms with van der Waals surface area (Å²) in [6.07, 6.45) is 3.58. The Morgan fingerprint density at radius 2 is 2.26 bits per heavy atom. The Bertz CT molecular complexity index is 499. The van der Waals surface area contributed by atoms with E-state index in [0.29, 0.717) is 18.5 Å². The lowest BCUT2D eigenvalue weighted by Gasteiger charge is -2.13. The molecule has 0 bridgehead atoms. The molecule has 0 radical (unpaired) electrons. The van der Waals surface area contributed by atoms with E-state index in [0.717, 1.165) is 12.1 Å². The van der Waals surface area contributed by atoms with Gasteiger partial charge >= 0.3 is 6.01 Å². The van der Waals surface area contributed by atoms with Crippen molar-refractivity contribution >= 4 is 6.01 Å². The molecule has 1 N–H and O–H groups in total. The van der Waals surface area contributed by atoms with Crippen molar-refractivity contribution in [2.24, 2.45) is 0 Å². The Balaban J connectivity index is 2.02. The standard InChI is InChI=1S/C13H19N5O/c1-4-15-10(2)12-16-17-13(19-12)18(3)9-11-6-5-7-14-8-11/h5-8,10,15H,4,9H2,1-3H3. The van der Waals surface area contributed by atoms with Crippen LogP contribution in [0.3, 0.4) is 0 Å². The number of hydrogen-bond acceptors (Lipinski definition) is 6. The number of aromatic nitrogens is 3. The average Bonchev–Trinajstić information content (AvgIpc) is 2.90. The number of nitrogens with one attached hydrogen (secondary N) is 1. The lowest BCUT2D eigenvalue weighted by atomic mass is 10.3. The van der Waals surface area contributed by atoms with Crippen LogP contribution in [0.5, 0.6) is 0 Å². The molecule has 6 heteroatoms. The molecular formula is C13H19N5O. The van der Waals surface area contributed by atoms with Gasteiger partial charge in [0.25, 0.3) is 0 Å². The molecule has 0 aliphatic rings. The maximum atomic E-state index is 5.65. The van der Waals surface area contributed by atoms with Gasteiger partial charge < -0.3 is 14.6 Å². The summed E-state index contributed by atoms with van der Waals surface area (Å²) < 4.78 is 5.65. The van der Waals surface area contributed by atoms with Crippen molar-refractivity contribution in [2.45, 2.75) is 26.4 Å². The van der Waals surface area contributed by atoms with E-state index in [2.05, 4.69) is 20.5 Å². The fraction of sp³-hybridized carbons (Fsp3) is 0.462. The molecule has 2 rings (SSSR count). The van der Waals surface area contributed by atoms with Gasteiger partial charge in [0, 0.05) is 26.0 Å². The molecule has 1 unspecified atom stereocenters. The highest BCUT2D eigenvalue weighted by molar-refractivity contribution is 5.25. The van der Waals surface area contributed by atoms with E-state index in [1.54, 1.807) is 6.20 Å². The smallest absolute Gasteiger partial charge is 0.318 e. The third kappa shape index (κ3) is 3.51. The third-order valence-electron chi connectivity index (χ3n) is 2.78. The molecular weight excluding hydrogens is 242 g/mol. The van der Waals surface area contributed by atoms with Crippen molar-refractivity contribution in [3.8, 4) is 0 Å². The fourth-order valence-electron chi connectivity index (χ4n) is 1.78. The zero-order valence-corrected chi connectivity index (χ0v) is 11.5. The fourth-order valence-corrected chi connectivity index (χ4v) is 1.78. The van der Waals surface area contributed by atoms with Crippen LogP contribution in [0, 0.1) is 0 Å². The monoisotopic (exact) mass is 261 g/mol. The molecule has 6 nitrogen and oxygen atoms in total. The zero-order valence-electron chi connectivity index (χ0n) is 11.5. The van der Waals surface area contributed by atoms with Gasteiger partial charge in [0.1, 0.15) is 0 Å². The van der Waals surface area contributed by atoms with Gasteiger partial charge in [0.2, 0.25) is 5.89 Å². The second-order valence-corrected chi connectivity index (χ2v) is 4.42. The first kappa shape index (κ1) is 13.5. The van der Waals surface area contributed by atoms with Crippen molar-refractivity contribution in [3.63, 3.8) is 0 Å². The highest BCUT2D eigenvalue weighted by Gasteiger charge is 2.15. The van der Waals surface area contributed by atoms with Crippen LogP contribution >= 0.6 is 0 Å². The molecule has 0 fully saturated rings. The first-order valence-electron chi connectivity index (χ1n) is 6.37. The first-order chi connectivity index (χ1) is 9.20. The molecule has 2 aromatic heterocycles. The molecule has 0 aromatic carbocycles. The normalized spacial score (nSPS) is 12.4. The molecule has 0 aliphatic carbocycles. The van der Waals surface area contributed by atoms with Crippen molar-refractivity contribution in [1.29, 1.82) is 0 Å². The molecule has 19 heavy (non-hydrogen) atoms. The minimum atomic E-state index is 0.0676. The maximum Gasteiger partial charge on any atom is 0.318 e. The maximum absolute atomic E-state index is 5.65. The van der Waals surface area contributed by atoms with Crippen LogP contribution in [-0.4, -0.2) is 28.8 Å². The van der Waals surface area contributed by atoms with E-state index in [9.17, 15) is 0 Å². The number of anilines is 1.